The lowest BCUT2D eigenvalue weighted by Crippen LogP contribution is -2.48. The number of hydrogen-bond acceptors (Lipinski definition) is 4. The third-order valence-electron chi connectivity index (χ3n) is 6.32. The molecule has 1 aliphatic heterocycles. The fourth-order valence-electron chi connectivity index (χ4n) is 4.53. The summed E-state index contributed by atoms with van der Waals surface area (Å²) in [5.41, 5.74) is 4.15. The third-order valence-corrected chi connectivity index (χ3v) is 6.32. The molecule has 0 saturated carbocycles. The molecule has 0 spiro atoms. The third kappa shape index (κ3) is 4.17. The second-order valence-corrected chi connectivity index (χ2v) is 8.66. The van der Waals surface area contributed by atoms with E-state index in [0.717, 1.165) is 28.2 Å². The van der Waals surface area contributed by atoms with Gasteiger partial charge in [-0.15, -0.1) is 0 Å². The van der Waals surface area contributed by atoms with E-state index in [1.54, 1.807) is 10.7 Å². The van der Waals surface area contributed by atoms with E-state index in [9.17, 15) is 13.6 Å². The molecule has 34 heavy (non-hydrogen) atoms. The van der Waals surface area contributed by atoms with Crippen molar-refractivity contribution in [2.24, 2.45) is 7.05 Å². The van der Waals surface area contributed by atoms with E-state index < -0.39 is 11.6 Å². The molecule has 0 N–H and O–H groups in total. The molecular formula is C26H25F2N5O. The molecule has 5 rings (SSSR count). The van der Waals surface area contributed by atoms with Crippen molar-refractivity contribution in [1.82, 2.24) is 24.6 Å². The quantitative estimate of drug-likeness (QED) is 0.458. The molecule has 1 fully saturated rings. The maximum atomic E-state index is 14.1. The highest BCUT2D eigenvalue weighted by Gasteiger charge is 2.25. The van der Waals surface area contributed by atoms with Crippen LogP contribution >= 0.6 is 0 Å². The maximum absolute atomic E-state index is 14.1. The summed E-state index contributed by atoms with van der Waals surface area (Å²) in [5.74, 6) is -1.70. The van der Waals surface area contributed by atoms with Crippen molar-refractivity contribution in [3.63, 3.8) is 0 Å². The van der Waals surface area contributed by atoms with Crippen LogP contribution in [-0.2, 0) is 13.6 Å². The van der Waals surface area contributed by atoms with Crippen molar-refractivity contribution in [2.45, 2.75) is 13.5 Å². The second-order valence-electron chi connectivity index (χ2n) is 8.66. The molecule has 4 aromatic rings. The first-order valence-corrected chi connectivity index (χ1v) is 11.3. The standard InChI is InChI=1S/C26H25F2N5O/c1-17-21(16-31(2)30-17)24-14-20(19-7-3-4-9-23(19)29-24)26(34)33-12-10-32(11-13-33)15-18-6-5-8-22(27)25(18)28/h3-9,14,16H,10-13,15H2,1-2H3. The van der Waals surface area contributed by atoms with Gasteiger partial charge in [-0.1, -0.05) is 30.3 Å². The van der Waals surface area contributed by atoms with Gasteiger partial charge in [0.25, 0.3) is 5.91 Å². The van der Waals surface area contributed by atoms with Gasteiger partial charge in [0, 0.05) is 62.5 Å². The van der Waals surface area contributed by atoms with Gasteiger partial charge in [0.15, 0.2) is 11.6 Å². The zero-order chi connectivity index (χ0) is 23.8. The lowest BCUT2D eigenvalue weighted by molar-refractivity contribution is 0.0628. The van der Waals surface area contributed by atoms with Gasteiger partial charge in [-0.2, -0.15) is 5.10 Å². The van der Waals surface area contributed by atoms with Crippen LogP contribution in [0.3, 0.4) is 0 Å². The Balaban J connectivity index is 1.38. The first-order valence-electron chi connectivity index (χ1n) is 11.3. The van der Waals surface area contributed by atoms with Crippen LogP contribution in [0.4, 0.5) is 8.78 Å². The highest BCUT2D eigenvalue weighted by Crippen LogP contribution is 2.28. The average molecular weight is 462 g/mol. The average Bonchev–Trinajstić information content (AvgIpc) is 3.19. The highest BCUT2D eigenvalue weighted by molar-refractivity contribution is 6.07. The van der Waals surface area contributed by atoms with Gasteiger partial charge in [0.2, 0.25) is 0 Å². The maximum Gasteiger partial charge on any atom is 0.254 e. The molecule has 2 aromatic heterocycles. The number of aryl methyl sites for hydroxylation is 2. The molecule has 0 unspecified atom stereocenters. The molecule has 8 heteroatoms. The van der Waals surface area contributed by atoms with E-state index in [0.29, 0.717) is 49.5 Å². The zero-order valence-electron chi connectivity index (χ0n) is 19.1. The lowest BCUT2D eigenvalue weighted by atomic mass is 10.0. The fourth-order valence-corrected chi connectivity index (χ4v) is 4.53. The Bertz CT molecular complexity index is 1380. The molecule has 174 valence electrons. The van der Waals surface area contributed by atoms with E-state index in [1.165, 1.54) is 6.07 Å². The van der Waals surface area contributed by atoms with Crippen molar-refractivity contribution in [2.75, 3.05) is 26.2 Å². The minimum absolute atomic E-state index is 0.0574. The SMILES string of the molecule is Cc1nn(C)cc1-c1cc(C(=O)N2CCN(Cc3cccc(F)c3F)CC2)c2ccccc2n1. The van der Waals surface area contributed by atoms with Crippen LogP contribution in [0.25, 0.3) is 22.2 Å². The van der Waals surface area contributed by atoms with Crippen molar-refractivity contribution >= 4 is 16.8 Å². The van der Waals surface area contributed by atoms with Crippen LogP contribution in [0.2, 0.25) is 0 Å². The molecule has 2 aromatic carbocycles. The van der Waals surface area contributed by atoms with Crippen LogP contribution in [-0.4, -0.2) is 56.7 Å². The molecule has 0 aliphatic carbocycles. The number of fused-ring (bicyclic) bond motifs is 1. The number of carbonyl (C=O) groups excluding carboxylic acids is 1. The molecule has 0 atom stereocenters. The van der Waals surface area contributed by atoms with Crippen molar-refractivity contribution in [3.05, 3.63) is 83.2 Å². The summed E-state index contributed by atoms with van der Waals surface area (Å²) in [6.07, 6.45) is 1.91. The molecule has 1 saturated heterocycles. The summed E-state index contributed by atoms with van der Waals surface area (Å²) in [6.45, 7) is 4.42. The lowest BCUT2D eigenvalue weighted by Gasteiger charge is -2.35. The number of hydrogen-bond donors (Lipinski definition) is 0. The number of piperazine rings is 1. The Morgan fingerprint density at radius 1 is 1.03 bits per heavy atom. The fraction of sp³-hybridized carbons (Fsp3) is 0.269. The Labute approximate surface area is 196 Å². The molecule has 1 amide bonds. The molecule has 0 radical (unpaired) electrons. The molecule has 6 nitrogen and oxygen atoms in total. The topological polar surface area (TPSA) is 54.3 Å². The van der Waals surface area contributed by atoms with Crippen LogP contribution in [0, 0.1) is 18.6 Å². The number of rotatable bonds is 4. The summed E-state index contributed by atoms with van der Waals surface area (Å²) in [4.78, 5) is 22.2. The number of aromatic nitrogens is 3. The Morgan fingerprint density at radius 2 is 1.79 bits per heavy atom. The van der Waals surface area contributed by atoms with Gasteiger partial charge in [0.05, 0.1) is 22.5 Å². The predicted octanol–water partition coefficient (Wildman–Crippen LogP) is 4.18. The zero-order valence-corrected chi connectivity index (χ0v) is 19.1. The number of amides is 1. The predicted molar refractivity (Wildman–Crippen MR) is 126 cm³/mol. The molecule has 1 aliphatic rings. The van der Waals surface area contributed by atoms with Crippen LogP contribution in [0.15, 0.2) is 54.7 Å². The van der Waals surface area contributed by atoms with E-state index in [1.807, 2.05) is 60.3 Å². The number of para-hydroxylation sites is 1. The van der Waals surface area contributed by atoms with Gasteiger partial charge in [-0.25, -0.2) is 13.8 Å². The Kier molecular flexibility index (Phi) is 5.83. The summed E-state index contributed by atoms with van der Waals surface area (Å²) >= 11 is 0. The van der Waals surface area contributed by atoms with Gasteiger partial charge >= 0.3 is 0 Å². The summed E-state index contributed by atoms with van der Waals surface area (Å²) in [7, 11) is 1.86. The number of benzene rings is 2. The summed E-state index contributed by atoms with van der Waals surface area (Å²) in [5, 5.41) is 5.22. The van der Waals surface area contributed by atoms with Gasteiger partial charge in [0.1, 0.15) is 0 Å². The first-order chi connectivity index (χ1) is 16.4. The van der Waals surface area contributed by atoms with Crippen molar-refractivity contribution in [3.8, 4) is 11.3 Å². The van der Waals surface area contributed by atoms with Crippen LogP contribution < -0.4 is 0 Å². The van der Waals surface area contributed by atoms with E-state index in [4.69, 9.17) is 4.98 Å². The van der Waals surface area contributed by atoms with E-state index in [-0.39, 0.29) is 5.91 Å². The van der Waals surface area contributed by atoms with Gasteiger partial charge < -0.3 is 4.90 Å². The van der Waals surface area contributed by atoms with E-state index >= 15 is 0 Å². The van der Waals surface area contributed by atoms with Gasteiger partial charge in [-0.05, 0) is 25.1 Å². The molecule has 0 bridgehead atoms. The Morgan fingerprint density at radius 3 is 2.53 bits per heavy atom. The minimum Gasteiger partial charge on any atom is -0.336 e. The van der Waals surface area contributed by atoms with Crippen molar-refractivity contribution in [1.29, 1.82) is 0 Å². The summed E-state index contributed by atoms with van der Waals surface area (Å²) in [6, 6.07) is 13.7. The van der Waals surface area contributed by atoms with Crippen LogP contribution in [0.5, 0.6) is 0 Å². The van der Waals surface area contributed by atoms with Gasteiger partial charge in [-0.3, -0.25) is 14.4 Å². The largest absolute Gasteiger partial charge is 0.336 e. The number of pyridine rings is 1. The normalized spacial score (nSPS) is 14.6. The summed E-state index contributed by atoms with van der Waals surface area (Å²) < 4.78 is 29.3. The Hall–Kier alpha value is -3.65. The molecular weight excluding hydrogens is 436 g/mol. The minimum atomic E-state index is -0.837. The van der Waals surface area contributed by atoms with E-state index in [2.05, 4.69) is 5.10 Å². The second kappa shape index (κ2) is 8.95. The number of carbonyl (C=O) groups is 1. The smallest absolute Gasteiger partial charge is 0.254 e. The van der Waals surface area contributed by atoms with Crippen molar-refractivity contribution < 1.29 is 13.6 Å². The molecule has 3 heterocycles. The number of halogens is 2. The van der Waals surface area contributed by atoms with Crippen LogP contribution in [0.1, 0.15) is 21.6 Å². The number of nitrogens with zero attached hydrogens (tertiary/aromatic N) is 5. The first kappa shape index (κ1) is 22.2. The highest BCUT2D eigenvalue weighted by atomic mass is 19.2. The monoisotopic (exact) mass is 461 g/mol.